The van der Waals surface area contributed by atoms with Crippen LogP contribution >= 0.6 is 12.4 Å². The quantitative estimate of drug-likeness (QED) is 0.688. The van der Waals surface area contributed by atoms with E-state index in [0.29, 0.717) is 18.9 Å². The van der Waals surface area contributed by atoms with E-state index in [4.69, 9.17) is 0 Å². The second-order valence-corrected chi connectivity index (χ2v) is 8.45. The molecule has 6 nitrogen and oxygen atoms in total. The highest BCUT2D eigenvalue weighted by atomic mass is 35.5. The molecule has 1 saturated heterocycles. The first-order valence-corrected chi connectivity index (χ1v) is 10.0. The van der Waals surface area contributed by atoms with Gasteiger partial charge in [-0.15, -0.1) is 12.4 Å². The van der Waals surface area contributed by atoms with Crippen molar-refractivity contribution in [3.05, 3.63) is 30.1 Å². The molecule has 0 spiro atoms. The summed E-state index contributed by atoms with van der Waals surface area (Å²) in [6.45, 7) is 2.87. The smallest absolute Gasteiger partial charge is 0.242 e. The summed E-state index contributed by atoms with van der Waals surface area (Å²) in [7, 11) is -2.19. The number of carbonyl (C=O) groups excluding carboxylic acids is 1. The Morgan fingerprint density at radius 2 is 2.04 bits per heavy atom. The number of nitrogens with zero attached hydrogens (tertiary/aromatic N) is 1. The normalized spacial score (nSPS) is 17.6. The molecule has 1 fully saturated rings. The molecule has 0 radical (unpaired) electrons. The van der Waals surface area contributed by atoms with Gasteiger partial charge in [0.15, 0.2) is 0 Å². The molecule has 0 bridgehead atoms. The van der Waals surface area contributed by atoms with Gasteiger partial charge >= 0.3 is 0 Å². The molecular formula is C17H27ClFN3O3S. The third-order valence-corrected chi connectivity index (χ3v) is 6.26. The lowest BCUT2D eigenvalue weighted by Gasteiger charge is -2.23. The zero-order valence-electron chi connectivity index (χ0n) is 14.9. The summed E-state index contributed by atoms with van der Waals surface area (Å²) < 4.78 is 38.8. The first-order valence-electron chi connectivity index (χ1n) is 8.59. The molecule has 1 atom stereocenters. The molecular weight excluding hydrogens is 381 g/mol. The molecule has 26 heavy (non-hydrogen) atoms. The molecule has 1 heterocycles. The molecule has 1 aliphatic heterocycles. The first kappa shape index (κ1) is 22.8. The maximum Gasteiger partial charge on any atom is 0.242 e. The molecule has 1 unspecified atom stereocenters. The van der Waals surface area contributed by atoms with Gasteiger partial charge in [0.25, 0.3) is 0 Å². The van der Waals surface area contributed by atoms with Gasteiger partial charge in [-0.3, -0.25) is 4.79 Å². The Balaban J connectivity index is 0.00000338. The maximum absolute atomic E-state index is 12.9. The Morgan fingerprint density at radius 1 is 1.35 bits per heavy atom. The summed E-state index contributed by atoms with van der Waals surface area (Å²) >= 11 is 0. The van der Waals surface area contributed by atoms with Gasteiger partial charge in [0, 0.05) is 26.6 Å². The molecule has 9 heteroatoms. The van der Waals surface area contributed by atoms with Gasteiger partial charge in [0.05, 0.1) is 4.90 Å². The van der Waals surface area contributed by atoms with E-state index in [1.54, 1.807) is 0 Å². The number of amides is 1. The second-order valence-electron chi connectivity index (χ2n) is 6.40. The van der Waals surface area contributed by atoms with E-state index in [2.05, 4.69) is 10.6 Å². The molecule has 2 N–H and O–H groups in total. The Labute approximate surface area is 161 Å². The molecule has 148 valence electrons. The average molecular weight is 408 g/mol. The summed E-state index contributed by atoms with van der Waals surface area (Å²) in [4.78, 5) is 11.9. The lowest BCUT2D eigenvalue weighted by molar-refractivity contribution is -0.121. The molecule has 1 aromatic rings. The van der Waals surface area contributed by atoms with E-state index in [1.807, 2.05) is 0 Å². The predicted molar refractivity (Wildman–Crippen MR) is 101 cm³/mol. The van der Waals surface area contributed by atoms with Crippen LogP contribution in [0.3, 0.4) is 0 Å². The van der Waals surface area contributed by atoms with Crippen LogP contribution in [-0.2, 0) is 14.8 Å². The minimum Gasteiger partial charge on any atom is -0.356 e. The molecule has 0 aliphatic carbocycles. The monoisotopic (exact) mass is 407 g/mol. The molecule has 0 aromatic heterocycles. The number of sulfonamides is 1. The SMILES string of the molecule is CN(CCCC(=O)NCC1CCCNC1)S(=O)(=O)c1ccc(F)cc1.Cl. The van der Waals surface area contributed by atoms with Gasteiger partial charge in [-0.1, -0.05) is 0 Å². The lowest BCUT2D eigenvalue weighted by Crippen LogP contribution is -2.38. The van der Waals surface area contributed by atoms with Gasteiger partial charge in [0.1, 0.15) is 5.82 Å². The summed E-state index contributed by atoms with van der Waals surface area (Å²) in [5.41, 5.74) is 0. The summed E-state index contributed by atoms with van der Waals surface area (Å²) in [6, 6.07) is 4.72. The Hall–Kier alpha value is -1.22. The van der Waals surface area contributed by atoms with Gasteiger partial charge < -0.3 is 10.6 Å². The number of nitrogens with one attached hydrogen (secondary N) is 2. The number of carbonyl (C=O) groups is 1. The Bertz CT molecular complexity index is 664. The van der Waals surface area contributed by atoms with Crippen molar-refractivity contribution in [3.63, 3.8) is 0 Å². The fourth-order valence-electron chi connectivity index (χ4n) is 2.81. The summed E-state index contributed by atoms with van der Waals surface area (Å²) in [6.07, 6.45) is 2.97. The van der Waals surface area contributed by atoms with Crippen LogP contribution in [-0.4, -0.2) is 51.9 Å². The topological polar surface area (TPSA) is 78.5 Å². The van der Waals surface area contributed by atoms with Crippen LogP contribution in [0.5, 0.6) is 0 Å². The third kappa shape index (κ3) is 6.83. The molecule has 1 aromatic carbocycles. The zero-order valence-corrected chi connectivity index (χ0v) is 16.5. The van der Waals surface area contributed by atoms with Crippen LogP contribution in [0.4, 0.5) is 4.39 Å². The molecule has 2 rings (SSSR count). The second kappa shape index (κ2) is 10.8. The van der Waals surface area contributed by atoms with E-state index >= 15 is 0 Å². The summed E-state index contributed by atoms with van der Waals surface area (Å²) in [5, 5.41) is 6.22. The van der Waals surface area contributed by atoms with Crippen LogP contribution < -0.4 is 10.6 Å². The van der Waals surface area contributed by atoms with Crippen molar-refractivity contribution in [2.45, 2.75) is 30.6 Å². The van der Waals surface area contributed by atoms with Gasteiger partial charge in [-0.05, 0) is 62.5 Å². The van der Waals surface area contributed by atoms with E-state index in [1.165, 1.54) is 23.5 Å². The van der Waals surface area contributed by atoms with Crippen molar-refractivity contribution in [2.24, 2.45) is 5.92 Å². The largest absolute Gasteiger partial charge is 0.356 e. The number of rotatable bonds is 8. The van der Waals surface area contributed by atoms with Crippen molar-refractivity contribution < 1.29 is 17.6 Å². The van der Waals surface area contributed by atoms with Crippen molar-refractivity contribution >= 4 is 28.3 Å². The number of hydrogen-bond donors (Lipinski definition) is 2. The lowest BCUT2D eigenvalue weighted by atomic mass is 10.00. The summed E-state index contributed by atoms with van der Waals surface area (Å²) in [5.74, 6) is -0.0659. The number of halogens is 2. The van der Waals surface area contributed by atoms with Crippen LogP contribution in [0.15, 0.2) is 29.2 Å². The van der Waals surface area contributed by atoms with Crippen LogP contribution in [0.1, 0.15) is 25.7 Å². The van der Waals surface area contributed by atoms with Crippen molar-refractivity contribution in [1.82, 2.24) is 14.9 Å². The Kier molecular flexibility index (Phi) is 9.49. The number of benzene rings is 1. The fourth-order valence-corrected chi connectivity index (χ4v) is 4.02. The third-order valence-electron chi connectivity index (χ3n) is 4.39. The fraction of sp³-hybridized carbons (Fsp3) is 0.588. The molecule has 0 saturated carbocycles. The molecule has 1 amide bonds. The number of piperidine rings is 1. The van der Waals surface area contributed by atoms with Crippen LogP contribution in [0.25, 0.3) is 0 Å². The number of hydrogen-bond acceptors (Lipinski definition) is 4. The first-order chi connectivity index (χ1) is 11.9. The van der Waals surface area contributed by atoms with Crippen molar-refractivity contribution in [3.8, 4) is 0 Å². The van der Waals surface area contributed by atoms with Gasteiger partial charge in [-0.2, -0.15) is 0 Å². The average Bonchev–Trinajstić information content (AvgIpc) is 2.61. The van der Waals surface area contributed by atoms with Crippen LogP contribution in [0, 0.1) is 11.7 Å². The predicted octanol–water partition coefficient (Wildman–Crippen LogP) is 1.76. The Morgan fingerprint density at radius 3 is 2.65 bits per heavy atom. The van der Waals surface area contributed by atoms with E-state index in [9.17, 15) is 17.6 Å². The minimum atomic E-state index is -3.66. The van der Waals surface area contributed by atoms with Crippen LogP contribution in [0.2, 0.25) is 0 Å². The zero-order chi connectivity index (χ0) is 18.3. The van der Waals surface area contributed by atoms with Gasteiger partial charge in [-0.25, -0.2) is 17.1 Å². The highest BCUT2D eigenvalue weighted by Gasteiger charge is 2.20. The van der Waals surface area contributed by atoms with Gasteiger partial charge in [0.2, 0.25) is 15.9 Å². The van der Waals surface area contributed by atoms with E-state index < -0.39 is 15.8 Å². The van der Waals surface area contributed by atoms with E-state index in [-0.39, 0.29) is 36.2 Å². The van der Waals surface area contributed by atoms with E-state index in [0.717, 1.165) is 38.1 Å². The highest BCUT2D eigenvalue weighted by molar-refractivity contribution is 7.89. The van der Waals surface area contributed by atoms with Crippen molar-refractivity contribution in [2.75, 3.05) is 33.2 Å². The standard InChI is InChI=1S/C17H26FN3O3S.ClH/c1-21(25(23,24)16-8-6-15(18)7-9-16)11-3-5-17(22)20-13-14-4-2-10-19-12-14;/h6-9,14,19H,2-5,10-13H2,1H3,(H,20,22);1H. The van der Waals surface area contributed by atoms with Crippen molar-refractivity contribution in [1.29, 1.82) is 0 Å². The minimum absolute atomic E-state index is 0. The highest BCUT2D eigenvalue weighted by Crippen LogP contribution is 2.15. The molecule has 1 aliphatic rings. The maximum atomic E-state index is 12.9.